The lowest BCUT2D eigenvalue weighted by Gasteiger charge is -2.26. The van der Waals surface area contributed by atoms with E-state index < -0.39 is 0 Å². The molecule has 0 aromatic heterocycles. The molecule has 116 valence electrons. The van der Waals surface area contributed by atoms with Crippen LogP contribution in [-0.4, -0.2) is 56.5 Å². The maximum absolute atomic E-state index is 5.34. The van der Waals surface area contributed by atoms with Crippen LogP contribution in [0.5, 0.6) is 0 Å². The Balaban J connectivity index is 1.59. The van der Waals surface area contributed by atoms with Crippen molar-refractivity contribution in [3.05, 3.63) is 30.3 Å². The van der Waals surface area contributed by atoms with Gasteiger partial charge in [-0.15, -0.1) is 0 Å². The average Bonchev–Trinajstić information content (AvgIpc) is 2.53. The number of hydrazine groups is 1. The van der Waals surface area contributed by atoms with Gasteiger partial charge < -0.3 is 10.1 Å². The number of para-hydroxylation sites is 1. The fourth-order valence-corrected chi connectivity index (χ4v) is 2.48. The first-order chi connectivity index (χ1) is 10.3. The summed E-state index contributed by atoms with van der Waals surface area (Å²) in [6, 6.07) is 10.1. The highest BCUT2D eigenvalue weighted by Gasteiger charge is 2.09. The number of nitrogens with zero attached hydrogens (tertiary/aromatic N) is 2. The predicted molar refractivity (Wildman–Crippen MR) is 90.5 cm³/mol. The molecule has 0 bridgehead atoms. The van der Waals surface area contributed by atoms with Crippen LogP contribution in [0.3, 0.4) is 0 Å². The summed E-state index contributed by atoms with van der Waals surface area (Å²) in [5.74, 6) is 0. The topological polar surface area (TPSA) is 39.8 Å². The lowest BCUT2D eigenvalue weighted by Crippen LogP contribution is -2.46. The Labute approximate surface area is 132 Å². The number of thiocarbonyl (C=S) groups is 1. The van der Waals surface area contributed by atoms with Crippen molar-refractivity contribution in [3.8, 4) is 0 Å². The van der Waals surface area contributed by atoms with Gasteiger partial charge in [0.05, 0.1) is 18.9 Å². The zero-order valence-corrected chi connectivity index (χ0v) is 13.4. The lowest BCUT2D eigenvalue weighted by molar-refractivity contribution is 0.0376. The molecule has 0 atom stereocenters. The van der Waals surface area contributed by atoms with Crippen molar-refractivity contribution in [1.82, 2.24) is 15.6 Å². The minimum absolute atomic E-state index is 0.656. The molecule has 1 fully saturated rings. The van der Waals surface area contributed by atoms with Gasteiger partial charge in [-0.05, 0) is 37.3 Å². The Morgan fingerprint density at radius 3 is 2.71 bits per heavy atom. The van der Waals surface area contributed by atoms with Gasteiger partial charge in [0, 0.05) is 26.7 Å². The Morgan fingerprint density at radius 1 is 1.29 bits per heavy atom. The normalized spacial score (nSPS) is 15.5. The van der Waals surface area contributed by atoms with E-state index in [4.69, 9.17) is 17.0 Å². The second kappa shape index (κ2) is 8.81. The molecule has 1 aromatic rings. The van der Waals surface area contributed by atoms with Gasteiger partial charge in [0.2, 0.25) is 0 Å². The molecule has 21 heavy (non-hydrogen) atoms. The summed E-state index contributed by atoms with van der Waals surface area (Å²) in [6.07, 6.45) is 1.08. The third-order valence-electron chi connectivity index (χ3n) is 3.45. The highest BCUT2D eigenvalue weighted by atomic mass is 32.1. The van der Waals surface area contributed by atoms with Crippen molar-refractivity contribution in [2.24, 2.45) is 0 Å². The number of nitrogens with one attached hydrogen (secondary N) is 2. The number of anilines is 1. The van der Waals surface area contributed by atoms with Crippen LogP contribution < -0.4 is 15.8 Å². The third-order valence-corrected chi connectivity index (χ3v) is 3.69. The smallest absolute Gasteiger partial charge is 0.185 e. The first-order valence-electron chi connectivity index (χ1n) is 7.39. The van der Waals surface area contributed by atoms with Crippen LogP contribution in [0.25, 0.3) is 0 Å². The second-order valence-electron chi connectivity index (χ2n) is 5.07. The highest BCUT2D eigenvalue weighted by Crippen LogP contribution is 2.08. The SMILES string of the molecule is CN(NC(=S)NCCCN1CCOCC1)c1ccccc1. The van der Waals surface area contributed by atoms with E-state index >= 15 is 0 Å². The van der Waals surface area contributed by atoms with Crippen LogP contribution >= 0.6 is 12.2 Å². The number of hydrogen-bond donors (Lipinski definition) is 2. The van der Waals surface area contributed by atoms with Crippen molar-refractivity contribution in [2.45, 2.75) is 6.42 Å². The highest BCUT2D eigenvalue weighted by molar-refractivity contribution is 7.80. The molecule has 0 aliphatic carbocycles. The minimum Gasteiger partial charge on any atom is -0.379 e. The van der Waals surface area contributed by atoms with Crippen LogP contribution in [0, 0.1) is 0 Å². The van der Waals surface area contributed by atoms with Gasteiger partial charge in [-0.3, -0.25) is 15.3 Å². The monoisotopic (exact) mass is 308 g/mol. The van der Waals surface area contributed by atoms with E-state index in [1.54, 1.807) is 0 Å². The van der Waals surface area contributed by atoms with Gasteiger partial charge in [0.25, 0.3) is 0 Å². The van der Waals surface area contributed by atoms with E-state index in [9.17, 15) is 0 Å². The summed E-state index contributed by atoms with van der Waals surface area (Å²) in [4.78, 5) is 2.43. The third kappa shape index (κ3) is 5.87. The molecule has 0 spiro atoms. The Bertz CT molecular complexity index is 423. The molecule has 1 aromatic carbocycles. The number of benzene rings is 1. The molecule has 2 rings (SSSR count). The summed E-state index contributed by atoms with van der Waals surface area (Å²) in [7, 11) is 1.96. The van der Waals surface area contributed by atoms with Gasteiger partial charge in [0.15, 0.2) is 5.11 Å². The molecule has 0 amide bonds. The standard InChI is InChI=1S/C15H24N4OS/c1-18(14-6-3-2-4-7-14)17-15(21)16-8-5-9-19-10-12-20-13-11-19/h2-4,6-7H,5,8-13H2,1H3,(H2,16,17,21). The van der Waals surface area contributed by atoms with Crippen molar-refractivity contribution < 1.29 is 4.74 Å². The fraction of sp³-hybridized carbons (Fsp3) is 0.533. The van der Waals surface area contributed by atoms with E-state index in [-0.39, 0.29) is 0 Å². The van der Waals surface area contributed by atoms with Crippen LogP contribution in [0.2, 0.25) is 0 Å². The van der Waals surface area contributed by atoms with Crippen molar-refractivity contribution >= 4 is 23.0 Å². The van der Waals surface area contributed by atoms with Gasteiger partial charge in [-0.1, -0.05) is 18.2 Å². The molecule has 0 unspecified atom stereocenters. The summed E-state index contributed by atoms with van der Waals surface area (Å²) >= 11 is 5.30. The number of hydrogen-bond acceptors (Lipinski definition) is 4. The summed E-state index contributed by atoms with van der Waals surface area (Å²) in [6.45, 7) is 5.77. The van der Waals surface area contributed by atoms with Gasteiger partial charge in [-0.2, -0.15) is 0 Å². The molecule has 5 nitrogen and oxygen atoms in total. The maximum Gasteiger partial charge on any atom is 0.185 e. The molecule has 0 saturated carbocycles. The van der Waals surface area contributed by atoms with Crippen LogP contribution in [0.15, 0.2) is 30.3 Å². The Hall–Kier alpha value is -1.37. The maximum atomic E-state index is 5.34. The minimum atomic E-state index is 0.656. The number of morpholine rings is 1. The molecule has 1 saturated heterocycles. The van der Waals surface area contributed by atoms with Crippen LogP contribution in [-0.2, 0) is 4.74 Å². The van der Waals surface area contributed by atoms with Crippen LogP contribution in [0.4, 0.5) is 5.69 Å². The fourth-order valence-electron chi connectivity index (χ4n) is 2.24. The summed E-state index contributed by atoms with van der Waals surface area (Å²) < 4.78 is 5.34. The van der Waals surface area contributed by atoms with Crippen molar-refractivity contribution in [2.75, 3.05) is 51.4 Å². The van der Waals surface area contributed by atoms with Crippen LogP contribution in [0.1, 0.15) is 6.42 Å². The van der Waals surface area contributed by atoms with Gasteiger partial charge in [-0.25, -0.2) is 0 Å². The van der Waals surface area contributed by atoms with E-state index in [0.717, 1.165) is 51.5 Å². The first-order valence-corrected chi connectivity index (χ1v) is 7.80. The van der Waals surface area contributed by atoms with Gasteiger partial charge in [0.1, 0.15) is 0 Å². The molecular formula is C15H24N4OS. The number of rotatable bonds is 6. The molecule has 2 N–H and O–H groups in total. The first kappa shape index (κ1) is 16.0. The Kier molecular flexibility index (Phi) is 6.72. The summed E-state index contributed by atoms with van der Waals surface area (Å²) in [5, 5.41) is 5.81. The van der Waals surface area contributed by atoms with E-state index in [1.807, 2.05) is 42.4 Å². The molecule has 1 aliphatic heterocycles. The zero-order valence-electron chi connectivity index (χ0n) is 12.5. The zero-order chi connectivity index (χ0) is 14.9. The lowest BCUT2D eigenvalue weighted by atomic mass is 10.3. The van der Waals surface area contributed by atoms with Crippen molar-refractivity contribution in [1.29, 1.82) is 0 Å². The molecular weight excluding hydrogens is 284 g/mol. The number of ether oxygens (including phenoxy) is 1. The Morgan fingerprint density at radius 2 is 2.00 bits per heavy atom. The average molecular weight is 308 g/mol. The molecule has 1 heterocycles. The molecule has 6 heteroatoms. The summed E-state index contributed by atoms with van der Waals surface area (Å²) in [5.41, 5.74) is 4.23. The quantitative estimate of drug-likeness (QED) is 0.468. The second-order valence-corrected chi connectivity index (χ2v) is 5.48. The molecule has 1 aliphatic rings. The van der Waals surface area contributed by atoms with E-state index in [2.05, 4.69) is 15.6 Å². The predicted octanol–water partition coefficient (Wildman–Crippen LogP) is 1.22. The molecule has 0 radical (unpaired) electrons. The van der Waals surface area contributed by atoms with Gasteiger partial charge >= 0.3 is 0 Å². The van der Waals surface area contributed by atoms with Crippen molar-refractivity contribution in [3.63, 3.8) is 0 Å². The van der Waals surface area contributed by atoms with E-state index in [1.165, 1.54) is 0 Å². The van der Waals surface area contributed by atoms with E-state index in [0.29, 0.717) is 5.11 Å². The largest absolute Gasteiger partial charge is 0.379 e.